The minimum atomic E-state index is -3.46. The van der Waals surface area contributed by atoms with Gasteiger partial charge in [-0.05, 0) is 30.9 Å². The predicted octanol–water partition coefficient (Wildman–Crippen LogP) is 1.78. The fraction of sp³-hybridized carbons (Fsp3) is 0.538. The van der Waals surface area contributed by atoms with Crippen LogP contribution in [0.25, 0.3) is 0 Å². The molecule has 5 nitrogen and oxygen atoms in total. The van der Waals surface area contributed by atoms with Gasteiger partial charge in [-0.3, -0.25) is 5.84 Å². The number of benzene rings is 1. The molecule has 1 heterocycles. The molecule has 0 bridgehead atoms. The Morgan fingerprint density at radius 3 is 2.84 bits per heavy atom. The molecule has 0 aromatic heterocycles. The summed E-state index contributed by atoms with van der Waals surface area (Å²) in [5.41, 5.74) is 2.91. The highest BCUT2D eigenvalue weighted by Crippen LogP contribution is 2.28. The molecular formula is C13H21N3O2S. The van der Waals surface area contributed by atoms with Crippen LogP contribution in [0.5, 0.6) is 0 Å². The molecule has 0 amide bonds. The van der Waals surface area contributed by atoms with Crippen LogP contribution >= 0.6 is 0 Å². The fourth-order valence-electron chi connectivity index (χ4n) is 2.53. The minimum Gasteiger partial charge on any atom is -0.323 e. The Balaban J connectivity index is 2.31. The van der Waals surface area contributed by atoms with Crippen LogP contribution in [0.15, 0.2) is 29.2 Å². The molecule has 1 atom stereocenters. The van der Waals surface area contributed by atoms with Gasteiger partial charge in [-0.15, -0.1) is 0 Å². The summed E-state index contributed by atoms with van der Waals surface area (Å²) in [5.74, 6) is 5.86. The smallest absolute Gasteiger partial charge is 0.245 e. The number of sulfonamides is 1. The number of nitrogens with one attached hydrogen (secondary N) is 1. The van der Waals surface area contributed by atoms with Crippen molar-refractivity contribution in [2.45, 2.75) is 31.1 Å². The van der Waals surface area contributed by atoms with Crippen molar-refractivity contribution < 1.29 is 8.42 Å². The summed E-state index contributed by atoms with van der Waals surface area (Å²) in [6, 6.07) is 6.75. The first-order chi connectivity index (χ1) is 9.09. The molecule has 0 radical (unpaired) electrons. The van der Waals surface area contributed by atoms with Crippen molar-refractivity contribution in [3.8, 4) is 0 Å². The van der Waals surface area contributed by atoms with Crippen LogP contribution in [0, 0.1) is 5.92 Å². The third-order valence-electron chi connectivity index (χ3n) is 3.72. The molecular weight excluding hydrogens is 262 g/mol. The van der Waals surface area contributed by atoms with Crippen LogP contribution in [0.3, 0.4) is 0 Å². The molecule has 1 aromatic carbocycles. The predicted molar refractivity (Wildman–Crippen MR) is 76.0 cm³/mol. The van der Waals surface area contributed by atoms with Crippen LogP contribution in [0.1, 0.15) is 26.2 Å². The van der Waals surface area contributed by atoms with Crippen LogP contribution in [-0.4, -0.2) is 25.8 Å². The number of rotatable bonds is 4. The fourth-order valence-corrected chi connectivity index (χ4v) is 4.24. The van der Waals surface area contributed by atoms with Crippen molar-refractivity contribution in [3.05, 3.63) is 24.3 Å². The second kappa shape index (κ2) is 5.90. The van der Waals surface area contributed by atoms with E-state index in [0.717, 1.165) is 19.3 Å². The molecule has 1 fully saturated rings. The average molecular weight is 283 g/mol. The Kier molecular flexibility index (Phi) is 4.44. The third-order valence-corrected chi connectivity index (χ3v) is 5.64. The zero-order chi connectivity index (χ0) is 13.9. The number of piperidine rings is 1. The van der Waals surface area contributed by atoms with Crippen LogP contribution in [-0.2, 0) is 10.0 Å². The van der Waals surface area contributed by atoms with Gasteiger partial charge in [-0.1, -0.05) is 25.5 Å². The maximum Gasteiger partial charge on any atom is 0.245 e. The second-order valence-electron chi connectivity index (χ2n) is 4.92. The second-order valence-corrected chi connectivity index (χ2v) is 6.83. The Hall–Kier alpha value is -1.11. The third kappa shape index (κ3) is 2.91. The summed E-state index contributed by atoms with van der Waals surface area (Å²) in [6.45, 7) is 3.31. The van der Waals surface area contributed by atoms with Crippen molar-refractivity contribution in [1.29, 1.82) is 0 Å². The number of para-hydroxylation sites is 1. The van der Waals surface area contributed by atoms with Crippen LogP contribution < -0.4 is 11.3 Å². The lowest BCUT2D eigenvalue weighted by Gasteiger charge is -2.31. The van der Waals surface area contributed by atoms with Gasteiger partial charge >= 0.3 is 0 Å². The number of hydrogen-bond donors (Lipinski definition) is 2. The van der Waals surface area contributed by atoms with Gasteiger partial charge in [0.25, 0.3) is 0 Å². The van der Waals surface area contributed by atoms with E-state index < -0.39 is 10.0 Å². The summed E-state index contributed by atoms with van der Waals surface area (Å²) >= 11 is 0. The highest BCUT2D eigenvalue weighted by Gasteiger charge is 2.30. The van der Waals surface area contributed by atoms with E-state index >= 15 is 0 Å². The zero-order valence-electron chi connectivity index (χ0n) is 11.2. The highest BCUT2D eigenvalue weighted by molar-refractivity contribution is 7.89. The monoisotopic (exact) mass is 283 g/mol. The molecule has 19 heavy (non-hydrogen) atoms. The molecule has 3 N–H and O–H groups in total. The maximum atomic E-state index is 12.7. The van der Waals surface area contributed by atoms with Gasteiger partial charge in [0.2, 0.25) is 10.0 Å². The molecule has 1 aromatic rings. The van der Waals surface area contributed by atoms with Crippen molar-refractivity contribution in [2.24, 2.45) is 11.8 Å². The first-order valence-electron chi connectivity index (χ1n) is 6.65. The van der Waals surface area contributed by atoms with Crippen molar-refractivity contribution in [2.75, 3.05) is 18.5 Å². The number of hydrazine groups is 1. The summed E-state index contributed by atoms with van der Waals surface area (Å²) in [5, 5.41) is 0. The van der Waals surface area contributed by atoms with Crippen molar-refractivity contribution >= 4 is 15.7 Å². The molecule has 0 spiro atoms. The summed E-state index contributed by atoms with van der Waals surface area (Å²) < 4.78 is 26.9. The minimum absolute atomic E-state index is 0.259. The standard InChI is InChI=1S/C13H21N3O2S/c1-2-11-6-5-9-16(10-11)19(17,18)13-8-4-3-7-12(13)15-14/h3-4,7-8,11,15H,2,5-6,9-10,14H2,1H3. The van der Waals surface area contributed by atoms with E-state index in [1.165, 1.54) is 0 Å². The van der Waals surface area contributed by atoms with Gasteiger partial charge in [0, 0.05) is 13.1 Å². The molecule has 1 aliphatic heterocycles. The van der Waals surface area contributed by atoms with E-state index in [4.69, 9.17) is 5.84 Å². The number of nitrogens with two attached hydrogens (primary N) is 1. The Labute approximate surface area is 114 Å². The van der Waals surface area contributed by atoms with Gasteiger partial charge < -0.3 is 5.43 Å². The number of nitrogens with zero attached hydrogens (tertiary/aromatic N) is 1. The van der Waals surface area contributed by atoms with Gasteiger partial charge in [0.1, 0.15) is 4.90 Å². The molecule has 1 aliphatic rings. The van der Waals surface area contributed by atoms with Gasteiger partial charge in [0.15, 0.2) is 0 Å². The van der Waals surface area contributed by atoms with E-state index in [9.17, 15) is 8.42 Å². The van der Waals surface area contributed by atoms with E-state index in [-0.39, 0.29) is 4.90 Å². The van der Waals surface area contributed by atoms with E-state index in [1.54, 1.807) is 28.6 Å². The molecule has 1 unspecified atom stereocenters. The Bertz CT molecular complexity index is 530. The summed E-state index contributed by atoms with van der Waals surface area (Å²) in [6.07, 6.45) is 3.05. The number of hydrogen-bond acceptors (Lipinski definition) is 4. The normalized spacial score (nSPS) is 21.3. The molecule has 0 aliphatic carbocycles. The molecule has 2 rings (SSSR count). The molecule has 106 valence electrons. The van der Waals surface area contributed by atoms with E-state index in [0.29, 0.717) is 24.7 Å². The first-order valence-corrected chi connectivity index (χ1v) is 8.09. The lowest BCUT2D eigenvalue weighted by molar-refractivity contribution is 0.261. The van der Waals surface area contributed by atoms with Gasteiger partial charge in [-0.25, -0.2) is 8.42 Å². The summed E-state index contributed by atoms with van der Waals surface area (Å²) in [7, 11) is -3.46. The zero-order valence-corrected chi connectivity index (χ0v) is 12.0. The van der Waals surface area contributed by atoms with Gasteiger partial charge in [0.05, 0.1) is 5.69 Å². The SMILES string of the molecule is CCC1CCCN(S(=O)(=O)c2ccccc2NN)C1. The lowest BCUT2D eigenvalue weighted by Crippen LogP contribution is -2.40. The van der Waals surface area contributed by atoms with E-state index in [1.807, 2.05) is 0 Å². The quantitative estimate of drug-likeness (QED) is 0.652. The van der Waals surface area contributed by atoms with Crippen LogP contribution in [0.2, 0.25) is 0 Å². The molecule has 0 saturated carbocycles. The molecule has 1 saturated heterocycles. The number of nitrogen functional groups attached to an aromatic ring is 1. The average Bonchev–Trinajstić information content (AvgIpc) is 2.47. The Morgan fingerprint density at radius 1 is 1.42 bits per heavy atom. The summed E-state index contributed by atoms with van der Waals surface area (Å²) in [4.78, 5) is 0.259. The largest absolute Gasteiger partial charge is 0.323 e. The Morgan fingerprint density at radius 2 is 2.16 bits per heavy atom. The van der Waals surface area contributed by atoms with E-state index in [2.05, 4.69) is 12.3 Å². The van der Waals surface area contributed by atoms with Gasteiger partial charge in [-0.2, -0.15) is 4.31 Å². The maximum absolute atomic E-state index is 12.7. The first kappa shape index (κ1) is 14.3. The van der Waals surface area contributed by atoms with Crippen molar-refractivity contribution in [1.82, 2.24) is 4.31 Å². The number of anilines is 1. The lowest BCUT2D eigenvalue weighted by atomic mass is 9.97. The van der Waals surface area contributed by atoms with Crippen LogP contribution in [0.4, 0.5) is 5.69 Å². The highest BCUT2D eigenvalue weighted by atomic mass is 32.2. The van der Waals surface area contributed by atoms with Crippen molar-refractivity contribution in [3.63, 3.8) is 0 Å². The topological polar surface area (TPSA) is 75.4 Å². The molecule has 6 heteroatoms.